The maximum absolute atomic E-state index is 12.4. The second-order valence-electron chi connectivity index (χ2n) is 10.3. The molecule has 0 spiro atoms. The zero-order valence-electron chi connectivity index (χ0n) is 22.6. The van der Waals surface area contributed by atoms with Crippen molar-refractivity contribution in [3.05, 3.63) is 82.4 Å². The van der Waals surface area contributed by atoms with Gasteiger partial charge in [0.15, 0.2) is 0 Å². The van der Waals surface area contributed by atoms with Crippen LogP contribution in [0.1, 0.15) is 25.0 Å². The molecular weight excluding hydrogens is 575 g/mol. The maximum Gasteiger partial charge on any atom is 0.216 e. The lowest BCUT2D eigenvalue weighted by Gasteiger charge is -2.41. The van der Waals surface area contributed by atoms with Gasteiger partial charge < -0.3 is 23.7 Å². The second-order valence-corrected chi connectivity index (χ2v) is 13.6. The molecule has 2 saturated heterocycles. The largest absolute Gasteiger partial charge is 0.369 e. The molecule has 0 bridgehead atoms. The molecule has 0 N–H and O–H groups in total. The number of sulfonamides is 1. The maximum atomic E-state index is 12.4. The molecule has 3 aromatic rings. The number of hydrogen-bond acceptors (Lipinski definition) is 7. The summed E-state index contributed by atoms with van der Waals surface area (Å²) in [6.07, 6.45) is 5.00. The van der Waals surface area contributed by atoms with Crippen molar-refractivity contribution in [1.29, 1.82) is 0 Å². The van der Waals surface area contributed by atoms with Crippen LogP contribution in [-0.4, -0.2) is 73.0 Å². The van der Waals surface area contributed by atoms with E-state index in [0.717, 1.165) is 11.3 Å². The quantitative estimate of drug-likeness (QED) is 0.352. The zero-order chi connectivity index (χ0) is 28.3. The van der Waals surface area contributed by atoms with Gasteiger partial charge in [-0.3, -0.25) is 0 Å². The van der Waals surface area contributed by atoms with E-state index in [4.69, 9.17) is 37.4 Å². The topological polar surface area (TPSA) is 86.1 Å². The van der Waals surface area contributed by atoms with E-state index >= 15 is 0 Å². The predicted molar refractivity (Wildman–Crippen MR) is 155 cm³/mol. The number of ether oxygens (including phenoxy) is 3. The minimum absolute atomic E-state index is 0.252. The number of anilines is 1. The fourth-order valence-electron chi connectivity index (χ4n) is 4.91. The van der Waals surface area contributed by atoms with Gasteiger partial charge >= 0.3 is 0 Å². The molecule has 2 aromatic carbocycles. The van der Waals surface area contributed by atoms with Gasteiger partial charge in [0, 0.05) is 54.8 Å². The summed E-state index contributed by atoms with van der Waals surface area (Å²) in [5.41, 5.74) is 2.79. The number of rotatable bonds is 9. The monoisotopic (exact) mass is 608 g/mol. The van der Waals surface area contributed by atoms with Crippen molar-refractivity contribution in [2.45, 2.75) is 44.1 Å². The highest BCUT2D eigenvalue weighted by molar-refractivity contribution is 7.89. The molecule has 2 aliphatic rings. The Morgan fingerprint density at radius 2 is 1.75 bits per heavy atom. The van der Waals surface area contributed by atoms with E-state index in [1.165, 1.54) is 0 Å². The van der Waals surface area contributed by atoms with Crippen molar-refractivity contribution < 1.29 is 22.6 Å². The van der Waals surface area contributed by atoms with Crippen molar-refractivity contribution in [2.24, 2.45) is 0 Å². The van der Waals surface area contributed by atoms with E-state index < -0.39 is 21.1 Å². The van der Waals surface area contributed by atoms with Crippen LogP contribution in [0.5, 0.6) is 0 Å². The van der Waals surface area contributed by atoms with Gasteiger partial charge in [-0.05, 0) is 43.7 Å². The lowest BCUT2D eigenvalue weighted by atomic mass is 10.0. The minimum Gasteiger partial charge on any atom is -0.369 e. The van der Waals surface area contributed by atoms with E-state index in [9.17, 15) is 8.42 Å². The minimum atomic E-state index is -3.22. The summed E-state index contributed by atoms with van der Waals surface area (Å²) >= 11 is 12.7. The van der Waals surface area contributed by atoms with Crippen LogP contribution >= 0.6 is 23.2 Å². The molecule has 0 radical (unpaired) electrons. The van der Waals surface area contributed by atoms with E-state index in [1.54, 1.807) is 42.8 Å². The average molecular weight is 610 g/mol. The number of imidazole rings is 1. The Labute approximate surface area is 245 Å². The lowest BCUT2D eigenvalue weighted by Crippen LogP contribution is -2.50. The highest BCUT2D eigenvalue weighted by atomic mass is 35.5. The Bertz CT molecular complexity index is 1370. The fraction of sp³-hybridized carbons (Fsp3) is 0.464. The zero-order valence-corrected chi connectivity index (χ0v) is 24.9. The average Bonchev–Trinajstić information content (AvgIpc) is 3.46. The van der Waals surface area contributed by atoms with Crippen LogP contribution in [0.4, 0.5) is 5.69 Å². The first-order valence-electron chi connectivity index (χ1n) is 13.3. The molecule has 0 atom stereocenters. The number of benzene rings is 2. The SMILES string of the molecule is CC(C)S(=O)(=O)N1CCN(c2ccc(CO[C@H]3CO[C@@](Cn4ccnc4)(c4ccc(Cl)cc4Cl)OC3)cc2)CC1. The van der Waals surface area contributed by atoms with E-state index in [-0.39, 0.29) is 6.10 Å². The molecule has 12 heteroatoms. The third-order valence-corrected chi connectivity index (χ3v) is 10.1. The van der Waals surface area contributed by atoms with Gasteiger partial charge in [0.2, 0.25) is 15.8 Å². The Kier molecular flexibility index (Phi) is 9.06. The summed E-state index contributed by atoms with van der Waals surface area (Å²) < 4.78 is 47.1. The van der Waals surface area contributed by atoms with Gasteiger partial charge in [0.1, 0.15) is 6.10 Å². The summed E-state index contributed by atoms with van der Waals surface area (Å²) in [5.74, 6) is -1.09. The molecular formula is C28H34Cl2N4O5S. The van der Waals surface area contributed by atoms with Crippen molar-refractivity contribution in [2.75, 3.05) is 44.3 Å². The van der Waals surface area contributed by atoms with Crippen LogP contribution in [0.25, 0.3) is 0 Å². The second kappa shape index (κ2) is 12.4. The normalized spacial score (nSPS) is 22.6. The smallest absolute Gasteiger partial charge is 0.216 e. The third kappa shape index (κ3) is 6.49. The Hall–Kier alpha value is -2.18. The van der Waals surface area contributed by atoms with Crippen LogP contribution in [0, 0.1) is 0 Å². The molecule has 216 valence electrons. The molecule has 1 aromatic heterocycles. The first-order valence-corrected chi connectivity index (χ1v) is 15.6. The molecule has 5 rings (SSSR count). The summed E-state index contributed by atoms with van der Waals surface area (Å²) in [6, 6.07) is 13.5. The van der Waals surface area contributed by atoms with E-state index in [2.05, 4.69) is 22.0 Å². The molecule has 0 saturated carbocycles. The van der Waals surface area contributed by atoms with Crippen molar-refractivity contribution in [3.8, 4) is 0 Å². The molecule has 2 aliphatic heterocycles. The highest BCUT2D eigenvalue weighted by Gasteiger charge is 2.42. The van der Waals surface area contributed by atoms with Gasteiger partial charge in [-0.1, -0.05) is 41.4 Å². The molecule has 40 heavy (non-hydrogen) atoms. The van der Waals surface area contributed by atoms with Gasteiger partial charge in [-0.2, -0.15) is 4.31 Å². The molecule has 2 fully saturated rings. The summed E-state index contributed by atoms with van der Waals surface area (Å²) in [6.45, 7) is 7.21. The Morgan fingerprint density at radius 3 is 2.35 bits per heavy atom. The van der Waals surface area contributed by atoms with Crippen LogP contribution in [0.2, 0.25) is 10.0 Å². The van der Waals surface area contributed by atoms with Gasteiger partial charge in [0.25, 0.3) is 0 Å². The first-order chi connectivity index (χ1) is 19.2. The Morgan fingerprint density at radius 1 is 1.05 bits per heavy atom. The fourth-order valence-corrected chi connectivity index (χ4v) is 6.73. The van der Waals surface area contributed by atoms with Crippen molar-refractivity contribution >= 4 is 38.9 Å². The Balaban J connectivity index is 1.16. The van der Waals surface area contributed by atoms with E-state index in [1.807, 2.05) is 29.0 Å². The first kappa shape index (κ1) is 29.3. The van der Waals surface area contributed by atoms with Gasteiger partial charge in [-0.15, -0.1) is 0 Å². The standard InChI is InChI=1S/C28H34Cl2N4O5S/c1-21(2)40(35,36)34-13-11-33(12-14-34)24-6-3-22(4-7-24)16-37-25-17-38-28(39-18-25,19-32-10-9-31-20-32)26-8-5-23(29)15-27(26)30/h3-10,15,20-21,25H,11-14,16-19H2,1-2H3/t25-,28+. The van der Waals surface area contributed by atoms with Crippen LogP contribution in [-0.2, 0) is 43.2 Å². The third-order valence-electron chi connectivity index (χ3n) is 7.28. The summed E-state index contributed by atoms with van der Waals surface area (Å²) in [7, 11) is -3.22. The van der Waals surface area contributed by atoms with Crippen molar-refractivity contribution in [3.63, 3.8) is 0 Å². The van der Waals surface area contributed by atoms with E-state index in [0.29, 0.717) is 68.2 Å². The van der Waals surface area contributed by atoms with Crippen LogP contribution < -0.4 is 4.90 Å². The molecule has 0 amide bonds. The molecule has 0 aliphatic carbocycles. The lowest BCUT2D eigenvalue weighted by molar-refractivity contribution is -0.313. The van der Waals surface area contributed by atoms with Crippen LogP contribution in [0.3, 0.4) is 0 Å². The number of piperazine rings is 1. The molecule has 9 nitrogen and oxygen atoms in total. The van der Waals surface area contributed by atoms with Crippen LogP contribution in [0.15, 0.2) is 61.2 Å². The highest BCUT2D eigenvalue weighted by Crippen LogP contribution is 2.38. The molecule has 3 heterocycles. The van der Waals surface area contributed by atoms with Gasteiger partial charge in [0.05, 0.1) is 43.0 Å². The number of aromatic nitrogens is 2. The predicted octanol–water partition coefficient (Wildman–Crippen LogP) is 4.54. The van der Waals surface area contributed by atoms with Gasteiger partial charge in [-0.25, -0.2) is 13.4 Å². The molecule has 0 unspecified atom stereocenters. The van der Waals surface area contributed by atoms with Crippen molar-refractivity contribution in [1.82, 2.24) is 13.9 Å². The number of halogens is 2. The number of hydrogen-bond donors (Lipinski definition) is 0. The summed E-state index contributed by atoms with van der Waals surface area (Å²) in [4.78, 5) is 6.34. The summed E-state index contributed by atoms with van der Waals surface area (Å²) in [5, 5.41) is 0.604. The number of nitrogens with zero attached hydrogens (tertiary/aromatic N) is 4.